The maximum atomic E-state index is 13.7. The Morgan fingerprint density at radius 1 is 0.828 bits per heavy atom. The van der Waals surface area contributed by atoms with Gasteiger partial charge < -0.3 is 52.5 Å². The standard InChI is InChI=1S/C38H52N8O12/c1-7-15-58-30(50)14-13-26(33(39)52)44-36(55)28(17-29(48)49)46-38(57)32(51)20(4)41-34(53)21(5)42-35(54)27(16-23-18-40-25-12-10-9-11-24(23)25)45-37(56)31(19(3)8-2)43-22(6)47/h7,9-12,18-21,26-28,31,40H,1,8,13-17H2,2-6H3,(H2,39,52)(H,41,53)(H,42,54)(H,43,47)(H,44,55)(H,45,56)(H,46,57)(H,48,49)/t19-,20-,21-,26-,27-,28-,31-/m0/s1. The van der Waals surface area contributed by atoms with Crippen LogP contribution < -0.4 is 37.6 Å². The number of H-pyrrole nitrogens is 1. The summed E-state index contributed by atoms with van der Waals surface area (Å²) in [5, 5.41) is 24.3. The van der Waals surface area contributed by atoms with Gasteiger partial charge in [0.05, 0.1) is 12.5 Å². The van der Waals surface area contributed by atoms with Gasteiger partial charge in [-0.05, 0) is 37.8 Å². The van der Waals surface area contributed by atoms with Crippen LogP contribution in [0.4, 0.5) is 0 Å². The highest BCUT2D eigenvalue weighted by Gasteiger charge is 2.34. The summed E-state index contributed by atoms with van der Waals surface area (Å²) in [5.74, 6) is -10.4. The number of esters is 1. The van der Waals surface area contributed by atoms with Gasteiger partial charge in [0.25, 0.3) is 5.91 Å². The van der Waals surface area contributed by atoms with Gasteiger partial charge in [0.2, 0.25) is 41.2 Å². The minimum atomic E-state index is -1.89. The van der Waals surface area contributed by atoms with Crippen LogP contribution in [0.2, 0.25) is 0 Å². The number of fused-ring (bicyclic) bond motifs is 1. The van der Waals surface area contributed by atoms with E-state index in [0.717, 1.165) is 17.8 Å². The smallest absolute Gasteiger partial charge is 0.306 e. The molecule has 7 amide bonds. The van der Waals surface area contributed by atoms with Gasteiger partial charge in [0.1, 0.15) is 36.8 Å². The first-order valence-electron chi connectivity index (χ1n) is 18.4. The molecule has 0 radical (unpaired) electrons. The van der Waals surface area contributed by atoms with Gasteiger partial charge in [-0.3, -0.25) is 47.9 Å². The minimum Gasteiger partial charge on any atom is -0.481 e. The number of hydrogen-bond donors (Lipinski definition) is 9. The van der Waals surface area contributed by atoms with Crippen molar-refractivity contribution in [3.8, 4) is 0 Å². The van der Waals surface area contributed by atoms with Crippen LogP contribution in [0.5, 0.6) is 0 Å². The summed E-state index contributed by atoms with van der Waals surface area (Å²) in [5.41, 5.74) is 6.76. The number of rotatable bonds is 24. The highest BCUT2D eigenvalue weighted by atomic mass is 16.5. The SMILES string of the molecule is C=CCOC(=O)CC[C@H](NC(=O)[C@H](CC(=O)O)NC(=O)C(=O)[C@H](C)NC(=O)[C@H](C)NC(=O)[C@H](Cc1c[nH]c2ccccc12)NC(=O)[C@@H](NC(C)=O)[C@@H](C)CC)C(N)=O. The molecule has 0 spiro atoms. The van der Waals surface area contributed by atoms with E-state index < -0.39 is 102 Å². The molecule has 0 unspecified atom stereocenters. The van der Waals surface area contributed by atoms with Crippen molar-refractivity contribution >= 4 is 70.0 Å². The number of aliphatic carboxylic acids is 1. The Morgan fingerprint density at radius 2 is 1.45 bits per heavy atom. The van der Waals surface area contributed by atoms with Crippen molar-refractivity contribution in [2.45, 2.75) is 103 Å². The Labute approximate surface area is 334 Å². The molecule has 20 nitrogen and oxygen atoms in total. The normalized spacial score (nSPS) is 14.4. The summed E-state index contributed by atoms with van der Waals surface area (Å²) in [6.07, 6.45) is 1.79. The van der Waals surface area contributed by atoms with Crippen LogP contribution in [0.1, 0.15) is 65.9 Å². The molecule has 1 aromatic carbocycles. The number of Topliss-reactive ketones (excluding diaryl/α,β-unsaturated/α-hetero) is 1. The summed E-state index contributed by atoms with van der Waals surface area (Å²) in [6, 6.07) is -1.21. The molecule has 1 heterocycles. The number of aromatic nitrogens is 1. The molecule has 0 bridgehead atoms. The van der Waals surface area contributed by atoms with Gasteiger partial charge in [-0.2, -0.15) is 0 Å². The van der Waals surface area contributed by atoms with E-state index >= 15 is 0 Å². The second-order valence-corrected chi connectivity index (χ2v) is 13.6. The zero-order valence-electron chi connectivity index (χ0n) is 33.0. The van der Waals surface area contributed by atoms with Crippen LogP contribution in [0.3, 0.4) is 0 Å². The fourth-order valence-electron chi connectivity index (χ4n) is 5.55. The summed E-state index contributed by atoms with van der Waals surface area (Å²) in [7, 11) is 0. The largest absolute Gasteiger partial charge is 0.481 e. The molecular formula is C38H52N8O12. The molecule has 58 heavy (non-hydrogen) atoms. The highest BCUT2D eigenvalue weighted by Crippen LogP contribution is 2.20. The third-order valence-electron chi connectivity index (χ3n) is 8.97. The quantitative estimate of drug-likeness (QED) is 0.0342. The predicted octanol–water partition coefficient (Wildman–Crippen LogP) is -1.24. The topological polar surface area (TPSA) is 314 Å². The fourth-order valence-corrected chi connectivity index (χ4v) is 5.55. The molecule has 1 aromatic heterocycles. The van der Waals surface area contributed by atoms with Crippen molar-refractivity contribution in [2.24, 2.45) is 11.7 Å². The number of carbonyl (C=O) groups excluding carboxylic acids is 9. The Bertz CT molecular complexity index is 1880. The van der Waals surface area contributed by atoms with Crippen molar-refractivity contribution in [1.82, 2.24) is 36.9 Å². The number of carbonyl (C=O) groups is 10. The van der Waals surface area contributed by atoms with Crippen molar-refractivity contribution < 1.29 is 57.8 Å². The number of primary amides is 1. The first kappa shape index (κ1) is 47.6. The van der Waals surface area contributed by atoms with Gasteiger partial charge in [0.15, 0.2) is 0 Å². The van der Waals surface area contributed by atoms with Crippen LogP contribution >= 0.6 is 0 Å². The van der Waals surface area contributed by atoms with Crippen LogP contribution in [0, 0.1) is 5.92 Å². The van der Waals surface area contributed by atoms with Gasteiger partial charge in [-0.25, -0.2) is 0 Å². The van der Waals surface area contributed by atoms with Crippen molar-refractivity contribution in [1.29, 1.82) is 0 Å². The number of nitrogens with one attached hydrogen (secondary N) is 7. The van der Waals surface area contributed by atoms with Crippen molar-refractivity contribution in [3.05, 3.63) is 48.7 Å². The van der Waals surface area contributed by atoms with E-state index in [1.807, 2.05) is 30.4 Å². The van der Waals surface area contributed by atoms with E-state index in [2.05, 4.69) is 38.1 Å². The Hall–Kier alpha value is -6.60. The lowest BCUT2D eigenvalue weighted by Crippen LogP contribution is -2.59. The number of nitrogens with two attached hydrogens (primary N) is 1. The van der Waals surface area contributed by atoms with E-state index in [1.165, 1.54) is 19.9 Å². The number of amides is 7. The Balaban J connectivity index is 2.16. The van der Waals surface area contributed by atoms with E-state index in [0.29, 0.717) is 12.0 Å². The molecule has 2 aromatic rings. The maximum absolute atomic E-state index is 13.7. The minimum absolute atomic E-state index is 0.0220. The summed E-state index contributed by atoms with van der Waals surface area (Å²) in [4.78, 5) is 129. The molecule has 2 rings (SSSR count). The lowest BCUT2D eigenvalue weighted by molar-refractivity contribution is -0.144. The van der Waals surface area contributed by atoms with E-state index in [4.69, 9.17) is 10.5 Å². The summed E-state index contributed by atoms with van der Waals surface area (Å²) in [6.45, 7) is 10.6. The molecule has 0 aliphatic carbocycles. The van der Waals surface area contributed by atoms with Crippen molar-refractivity contribution in [2.75, 3.05) is 6.61 Å². The second-order valence-electron chi connectivity index (χ2n) is 13.6. The van der Waals surface area contributed by atoms with Gasteiger partial charge in [-0.15, -0.1) is 0 Å². The summed E-state index contributed by atoms with van der Waals surface area (Å²) < 4.78 is 4.80. The Kier molecular flexibility index (Phi) is 18.7. The lowest BCUT2D eigenvalue weighted by atomic mass is 9.97. The first-order valence-corrected chi connectivity index (χ1v) is 18.4. The molecule has 20 heteroatoms. The highest BCUT2D eigenvalue weighted by molar-refractivity contribution is 6.38. The molecule has 0 saturated carbocycles. The van der Waals surface area contributed by atoms with Gasteiger partial charge in [-0.1, -0.05) is 51.1 Å². The fraction of sp³-hybridized carbons (Fsp3) is 0.474. The number of carboxylic acids is 1. The number of hydrogen-bond acceptors (Lipinski definition) is 11. The van der Waals surface area contributed by atoms with E-state index in [1.54, 1.807) is 19.2 Å². The monoisotopic (exact) mass is 812 g/mol. The zero-order valence-corrected chi connectivity index (χ0v) is 33.0. The number of para-hydroxylation sites is 1. The average Bonchev–Trinajstić information content (AvgIpc) is 3.58. The van der Waals surface area contributed by atoms with Gasteiger partial charge >= 0.3 is 11.9 Å². The predicted molar refractivity (Wildman–Crippen MR) is 207 cm³/mol. The third-order valence-corrected chi connectivity index (χ3v) is 8.97. The van der Waals surface area contributed by atoms with Crippen LogP contribution in [-0.2, 0) is 59.1 Å². The van der Waals surface area contributed by atoms with Gasteiger partial charge in [0, 0.05) is 36.9 Å². The second kappa shape index (κ2) is 22.8. The number of aromatic amines is 1. The Morgan fingerprint density at radius 3 is 2.05 bits per heavy atom. The number of benzene rings is 1. The van der Waals surface area contributed by atoms with E-state index in [9.17, 15) is 53.1 Å². The maximum Gasteiger partial charge on any atom is 0.306 e. The van der Waals surface area contributed by atoms with Crippen LogP contribution in [0.25, 0.3) is 10.9 Å². The van der Waals surface area contributed by atoms with Crippen LogP contribution in [-0.4, -0.2) is 112 Å². The molecule has 316 valence electrons. The first-order chi connectivity index (χ1) is 27.3. The molecule has 0 fully saturated rings. The van der Waals surface area contributed by atoms with Crippen LogP contribution in [0.15, 0.2) is 43.1 Å². The molecular weight excluding hydrogens is 760 g/mol. The number of ketones is 1. The van der Waals surface area contributed by atoms with Crippen molar-refractivity contribution in [3.63, 3.8) is 0 Å². The molecule has 0 aliphatic heterocycles. The molecule has 10 N–H and O–H groups in total. The lowest BCUT2D eigenvalue weighted by Gasteiger charge is -2.27. The third kappa shape index (κ3) is 14.8. The molecule has 0 saturated heterocycles. The number of carboxylic acid groups (broad SMARTS) is 1. The molecule has 0 aliphatic rings. The average molecular weight is 813 g/mol. The number of ether oxygens (including phenoxy) is 1. The molecule has 7 atom stereocenters. The zero-order chi connectivity index (χ0) is 43.7. The summed E-state index contributed by atoms with van der Waals surface area (Å²) >= 11 is 0. The van der Waals surface area contributed by atoms with E-state index in [-0.39, 0.29) is 31.8 Å².